The van der Waals surface area contributed by atoms with Gasteiger partial charge in [0.1, 0.15) is 0 Å². The summed E-state index contributed by atoms with van der Waals surface area (Å²) in [6.45, 7) is 0.494. The van der Waals surface area contributed by atoms with Crippen molar-refractivity contribution >= 4 is 22.1 Å². The van der Waals surface area contributed by atoms with Crippen molar-refractivity contribution in [3.05, 3.63) is 70.8 Å². The Bertz CT molecular complexity index is 1350. The fourth-order valence-electron chi connectivity index (χ4n) is 3.19. The first-order chi connectivity index (χ1) is 13.2. The van der Waals surface area contributed by atoms with E-state index in [-0.39, 0.29) is 5.43 Å². The van der Waals surface area contributed by atoms with E-state index in [0.717, 1.165) is 22.0 Å². The minimum absolute atomic E-state index is 0.170. The molecule has 4 heterocycles. The van der Waals surface area contributed by atoms with Crippen LogP contribution < -0.4 is 5.43 Å². The lowest BCUT2D eigenvalue weighted by Crippen LogP contribution is -2.06. The Hall–Kier alpha value is -3.81. The molecule has 0 bridgehead atoms. The van der Waals surface area contributed by atoms with Crippen LogP contribution in [0.2, 0.25) is 0 Å². The van der Waals surface area contributed by atoms with Crippen LogP contribution in [0.3, 0.4) is 0 Å². The molecule has 0 saturated carbocycles. The largest absolute Gasteiger partial charge is 0.338 e. The van der Waals surface area contributed by atoms with Gasteiger partial charge in [-0.3, -0.25) is 14.5 Å². The molecule has 8 nitrogen and oxygen atoms in total. The predicted molar refractivity (Wildman–Crippen MR) is 101 cm³/mol. The number of nitrogens with zero attached hydrogens (tertiary/aromatic N) is 6. The molecule has 0 radical (unpaired) electrons. The van der Waals surface area contributed by atoms with Crippen molar-refractivity contribution in [1.29, 1.82) is 0 Å². The highest BCUT2D eigenvalue weighted by Crippen LogP contribution is 2.18. The molecule has 5 aromatic rings. The third-order valence-electron chi connectivity index (χ3n) is 4.51. The molecule has 27 heavy (non-hydrogen) atoms. The van der Waals surface area contributed by atoms with Gasteiger partial charge < -0.3 is 4.98 Å². The number of aromatic nitrogens is 7. The Morgan fingerprint density at radius 3 is 2.96 bits per heavy atom. The van der Waals surface area contributed by atoms with Gasteiger partial charge in [0.2, 0.25) is 5.43 Å². The average Bonchev–Trinajstić information content (AvgIpc) is 3.28. The standard InChI is InChI=1S/C19H15N7O/c1-25-11-14(9-21-25)16-8-17(27)18-19(22-16)26(24-23-18)10-12-4-5-15-13(7-12)3-2-6-20-15/h2-9,11H,10H2,1H3,(H,22,27). The molecular weight excluding hydrogens is 342 g/mol. The molecule has 0 fully saturated rings. The number of aromatic amines is 1. The molecule has 0 unspecified atom stereocenters. The van der Waals surface area contributed by atoms with Gasteiger partial charge in [0.15, 0.2) is 11.2 Å². The minimum Gasteiger partial charge on any atom is -0.338 e. The minimum atomic E-state index is -0.170. The molecule has 1 N–H and O–H groups in total. The Morgan fingerprint density at radius 2 is 2.11 bits per heavy atom. The topological polar surface area (TPSA) is 94.3 Å². The second-order valence-electron chi connectivity index (χ2n) is 6.42. The van der Waals surface area contributed by atoms with Crippen molar-refractivity contribution in [2.45, 2.75) is 6.54 Å². The van der Waals surface area contributed by atoms with Crippen molar-refractivity contribution in [1.82, 2.24) is 34.7 Å². The van der Waals surface area contributed by atoms with E-state index in [1.54, 1.807) is 21.8 Å². The second-order valence-corrected chi connectivity index (χ2v) is 6.42. The van der Waals surface area contributed by atoms with E-state index in [0.29, 0.717) is 23.4 Å². The Labute approximate surface area is 153 Å². The molecule has 0 aliphatic heterocycles. The number of benzene rings is 1. The van der Waals surface area contributed by atoms with Crippen LogP contribution in [0.25, 0.3) is 33.3 Å². The first-order valence-electron chi connectivity index (χ1n) is 8.46. The maximum Gasteiger partial charge on any atom is 0.212 e. The smallest absolute Gasteiger partial charge is 0.212 e. The third-order valence-corrected chi connectivity index (χ3v) is 4.51. The number of hydrogen-bond donors (Lipinski definition) is 1. The van der Waals surface area contributed by atoms with Crippen molar-refractivity contribution in [2.24, 2.45) is 7.05 Å². The van der Waals surface area contributed by atoms with Gasteiger partial charge in [0, 0.05) is 36.5 Å². The predicted octanol–water partition coefficient (Wildman–Crippen LogP) is 2.12. The molecule has 0 saturated heterocycles. The number of nitrogens with one attached hydrogen (secondary N) is 1. The van der Waals surface area contributed by atoms with Gasteiger partial charge >= 0.3 is 0 Å². The summed E-state index contributed by atoms with van der Waals surface area (Å²) < 4.78 is 3.39. The number of rotatable bonds is 3. The molecule has 8 heteroatoms. The number of fused-ring (bicyclic) bond motifs is 2. The first kappa shape index (κ1) is 15.4. The molecule has 0 spiro atoms. The van der Waals surface area contributed by atoms with Gasteiger partial charge in [0.25, 0.3) is 0 Å². The molecular formula is C19H15N7O. The van der Waals surface area contributed by atoms with Crippen molar-refractivity contribution in [2.75, 3.05) is 0 Å². The summed E-state index contributed by atoms with van der Waals surface area (Å²) in [6.07, 6.45) is 5.33. The second kappa shape index (κ2) is 5.87. The van der Waals surface area contributed by atoms with E-state index in [4.69, 9.17) is 0 Å². The molecule has 0 amide bonds. The Balaban J connectivity index is 1.60. The van der Waals surface area contributed by atoms with Gasteiger partial charge in [-0.15, -0.1) is 5.10 Å². The summed E-state index contributed by atoms with van der Waals surface area (Å²) in [6, 6.07) is 11.5. The number of aryl methyl sites for hydroxylation is 1. The monoisotopic (exact) mass is 357 g/mol. The van der Waals surface area contributed by atoms with E-state index in [2.05, 4.69) is 31.4 Å². The average molecular weight is 357 g/mol. The maximum atomic E-state index is 12.4. The van der Waals surface area contributed by atoms with Gasteiger partial charge in [-0.2, -0.15) is 5.10 Å². The summed E-state index contributed by atoms with van der Waals surface area (Å²) in [5.74, 6) is 0. The van der Waals surface area contributed by atoms with E-state index < -0.39 is 0 Å². The van der Waals surface area contributed by atoms with Gasteiger partial charge in [-0.25, -0.2) is 4.68 Å². The highest BCUT2D eigenvalue weighted by molar-refractivity contribution is 5.79. The maximum absolute atomic E-state index is 12.4. The summed E-state index contributed by atoms with van der Waals surface area (Å²) in [5, 5.41) is 13.4. The van der Waals surface area contributed by atoms with Gasteiger partial charge in [-0.05, 0) is 23.8 Å². The Kier molecular flexibility index (Phi) is 3.36. The molecule has 4 aromatic heterocycles. The zero-order chi connectivity index (χ0) is 18.4. The first-order valence-corrected chi connectivity index (χ1v) is 8.46. The third kappa shape index (κ3) is 2.67. The van der Waals surface area contributed by atoms with E-state index in [9.17, 15) is 4.79 Å². The number of pyridine rings is 2. The fraction of sp³-hybridized carbons (Fsp3) is 0.105. The lowest BCUT2D eigenvalue weighted by atomic mass is 10.1. The van der Waals surface area contributed by atoms with E-state index in [1.165, 1.54) is 6.07 Å². The van der Waals surface area contributed by atoms with Crippen LogP contribution in [0.1, 0.15) is 5.56 Å². The Morgan fingerprint density at radius 1 is 1.19 bits per heavy atom. The molecule has 1 aromatic carbocycles. The van der Waals surface area contributed by atoms with Crippen LogP contribution in [0.5, 0.6) is 0 Å². The lowest BCUT2D eigenvalue weighted by molar-refractivity contribution is 0.665. The zero-order valence-corrected chi connectivity index (χ0v) is 14.5. The lowest BCUT2D eigenvalue weighted by Gasteiger charge is -2.05. The van der Waals surface area contributed by atoms with Gasteiger partial charge in [0.05, 0.1) is 24.0 Å². The SMILES string of the molecule is Cn1cc(-c2cc(=O)c3nnn(Cc4ccc5ncccc5c4)c3[nH]2)cn1. The zero-order valence-electron chi connectivity index (χ0n) is 14.5. The van der Waals surface area contributed by atoms with Crippen LogP contribution in [-0.4, -0.2) is 34.7 Å². The fourth-order valence-corrected chi connectivity index (χ4v) is 3.19. The highest BCUT2D eigenvalue weighted by atomic mass is 16.1. The van der Waals surface area contributed by atoms with Gasteiger partial charge in [-0.1, -0.05) is 17.3 Å². The highest BCUT2D eigenvalue weighted by Gasteiger charge is 2.12. The summed E-state index contributed by atoms with van der Waals surface area (Å²) in [4.78, 5) is 20.1. The molecule has 0 atom stereocenters. The van der Waals surface area contributed by atoms with E-state index in [1.807, 2.05) is 37.5 Å². The molecule has 0 aliphatic carbocycles. The molecule has 132 valence electrons. The van der Waals surface area contributed by atoms with Crippen LogP contribution in [-0.2, 0) is 13.6 Å². The summed E-state index contributed by atoms with van der Waals surface area (Å²) in [5.41, 5.74) is 4.26. The molecule has 0 aliphatic rings. The summed E-state index contributed by atoms with van der Waals surface area (Å²) in [7, 11) is 1.83. The van der Waals surface area contributed by atoms with Crippen LogP contribution in [0.15, 0.2) is 59.8 Å². The summed E-state index contributed by atoms with van der Waals surface area (Å²) >= 11 is 0. The van der Waals surface area contributed by atoms with Crippen LogP contribution in [0, 0.1) is 0 Å². The van der Waals surface area contributed by atoms with Crippen LogP contribution in [0.4, 0.5) is 0 Å². The van der Waals surface area contributed by atoms with Crippen molar-refractivity contribution in [3.8, 4) is 11.3 Å². The van der Waals surface area contributed by atoms with Crippen molar-refractivity contribution < 1.29 is 0 Å². The quantitative estimate of drug-likeness (QED) is 0.534. The number of hydrogen-bond acceptors (Lipinski definition) is 5. The molecule has 5 rings (SSSR count). The van der Waals surface area contributed by atoms with E-state index >= 15 is 0 Å². The number of H-pyrrole nitrogens is 1. The van der Waals surface area contributed by atoms with Crippen molar-refractivity contribution in [3.63, 3.8) is 0 Å². The normalized spacial score (nSPS) is 11.4. The van der Waals surface area contributed by atoms with Crippen LogP contribution >= 0.6 is 0 Å².